The highest BCUT2D eigenvalue weighted by molar-refractivity contribution is 7.10. The zero-order valence-electron chi connectivity index (χ0n) is 16.8. The van der Waals surface area contributed by atoms with Crippen LogP contribution in [0, 0.1) is 0 Å². The van der Waals surface area contributed by atoms with Crippen LogP contribution >= 0.6 is 11.3 Å². The zero-order valence-corrected chi connectivity index (χ0v) is 17.6. The van der Waals surface area contributed by atoms with Crippen LogP contribution in [0.1, 0.15) is 40.5 Å². The fraction of sp³-hybridized carbons (Fsp3) is 0.174. The molecular weight excluding hydrogens is 416 g/mol. The summed E-state index contributed by atoms with van der Waals surface area (Å²) >= 11 is 1.14. The zero-order chi connectivity index (χ0) is 22.4. The molecule has 160 valence electrons. The Kier molecular flexibility index (Phi) is 7.04. The second-order valence-corrected chi connectivity index (χ2v) is 7.87. The lowest BCUT2D eigenvalue weighted by atomic mass is 9.99. The quantitative estimate of drug-likeness (QED) is 0.453. The van der Waals surface area contributed by atoms with Gasteiger partial charge in [0.1, 0.15) is 0 Å². The van der Waals surface area contributed by atoms with Crippen molar-refractivity contribution in [2.75, 3.05) is 5.32 Å². The molecule has 8 heteroatoms. The molecule has 4 N–H and O–H groups in total. The molecule has 1 aromatic heterocycles. The number of esters is 1. The van der Waals surface area contributed by atoms with Gasteiger partial charge in [-0.2, -0.15) is 0 Å². The van der Waals surface area contributed by atoms with E-state index in [0.29, 0.717) is 10.4 Å². The second kappa shape index (κ2) is 9.90. The van der Waals surface area contributed by atoms with E-state index >= 15 is 0 Å². The van der Waals surface area contributed by atoms with Crippen molar-refractivity contribution in [3.8, 4) is 0 Å². The van der Waals surface area contributed by atoms with Crippen molar-refractivity contribution in [1.82, 2.24) is 0 Å². The molecule has 0 spiro atoms. The molecule has 1 atom stereocenters. The van der Waals surface area contributed by atoms with Gasteiger partial charge in [-0.3, -0.25) is 9.59 Å². The number of anilines is 1. The smallest absolute Gasteiger partial charge is 0.316 e. The van der Waals surface area contributed by atoms with Crippen molar-refractivity contribution in [2.45, 2.75) is 25.4 Å². The number of rotatable bonds is 8. The van der Waals surface area contributed by atoms with E-state index in [1.165, 1.54) is 0 Å². The highest BCUT2D eigenvalue weighted by Gasteiger charge is 2.28. The monoisotopic (exact) mass is 438 g/mol. The van der Waals surface area contributed by atoms with Crippen LogP contribution in [-0.2, 0) is 20.7 Å². The van der Waals surface area contributed by atoms with Gasteiger partial charge in [0, 0.05) is 10.4 Å². The van der Waals surface area contributed by atoms with Crippen LogP contribution in [0.2, 0.25) is 0 Å². The number of benzene rings is 2. The molecule has 1 heterocycles. The first-order valence-corrected chi connectivity index (χ1v) is 10.4. The maximum absolute atomic E-state index is 13.1. The molecule has 0 aliphatic rings. The molecular formula is C23H22N2O5S. The third-order valence-corrected chi connectivity index (χ3v) is 5.72. The van der Waals surface area contributed by atoms with E-state index in [9.17, 15) is 14.4 Å². The fourth-order valence-electron chi connectivity index (χ4n) is 3.19. The van der Waals surface area contributed by atoms with Crippen LogP contribution < -0.4 is 11.1 Å². The van der Waals surface area contributed by atoms with Crippen molar-refractivity contribution >= 4 is 35.0 Å². The molecule has 3 aromatic rings. The lowest BCUT2D eigenvalue weighted by Gasteiger charge is -2.21. The second-order valence-electron chi connectivity index (χ2n) is 6.91. The maximum Gasteiger partial charge on any atom is 0.316 e. The Hall–Kier alpha value is -3.65. The number of carbonyl (C=O) groups excluding carboxylic acids is 2. The summed E-state index contributed by atoms with van der Waals surface area (Å²) in [7, 11) is 0. The predicted molar refractivity (Wildman–Crippen MR) is 118 cm³/mol. The lowest BCUT2D eigenvalue weighted by Crippen LogP contribution is -2.23. The first kappa shape index (κ1) is 22.0. The van der Waals surface area contributed by atoms with Gasteiger partial charge in [0.2, 0.25) is 0 Å². The summed E-state index contributed by atoms with van der Waals surface area (Å²) in [5, 5.41) is 13.2. The van der Waals surface area contributed by atoms with E-state index in [-0.39, 0.29) is 12.1 Å². The van der Waals surface area contributed by atoms with Gasteiger partial charge < -0.3 is 20.9 Å². The average molecular weight is 439 g/mol. The number of hydrogen-bond acceptors (Lipinski definition) is 5. The number of amides is 2. The van der Waals surface area contributed by atoms with Gasteiger partial charge in [-0.15, -0.1) is 11.3 Å². The highest BCUT2D eigenvalue weighted by Crippen LogP contribution is 2.36. The molecule has 0 fully saturated rings. The Bertz CT molecular complexity index is 1030. The largest absolute Gasteiger partial charge is 0.481 e. The highest BCUT2D eigenvalue weighted by atomic mass is 32.1. The Labute approximate surface area is 183 Å². The van der Waals surface area contributed by atoms with E-state index < -0.39 is 30.0 Å². The van der Waals surface area contributed by atoms with Gasteiger partial charge >= 0.3 is 18.0 Å². The van der Waals surface area contributed by atoms with Gasteiger partial charge in [-0.1, -0.05) is 60.7 Å². The molecule has 0 saturated heterocycles. The number of primary amides is 1. The average Bonchev–Trinajstić information content (AvgIpc) is 3.13. The van der Waals surface area contributed by atoms with E-state index in [1.54, 1.807) is 12.3 Å². The van der Waals surface area contributed by atoms with Crippen molar-refractivity contribution in [1.29, 1.82) is 0 Å². The molecule has 0 saturated carbocycles. The molecule has 3 rings (SSSR count). The molecule has 7 nitrogen and oxygen atoms in total. The summed E-state index contributed by atoms with van der Waals surface area (Å²) in [4.78, 5) is 36.1. The third-order valence-electron chi connectivity index (χ3n) is 4.71. The summed E-state index contributed by atoms with van der Waals surface area (Å²) in [5.41, 5.74) is 7.61. The number of nitrogens with two attached hydrogens (primary N) is 1. The number of nitrogens with one attached hydrogen (secondary N) is 1. The number of hydrogen-bond donors (Lipinski definition) is 3. The van der Waals surface area contributed by atoms with Crippen LogP contribution in [0.3, 0.4) is 0 Å². The molecule has 31 heavy (non-hydrogen) atoms. The summed E-state index contributed by atoms with van der Waals surface area (Å²) in [5.74, 6) is -2.31. The van der Waals surface area contributed by atoms with Gasteiger partial charge in [-0.25, -0.2) is 4.79 Å². The minimum Gasteiger partial charge on any atom is -0.481 e. The van der Waals surface area contributed by atoms with Gasteiger partial charge in [0.05, 0.1) is 18.0 Å². The Morgan fingerprint density at radius 1 is 1.03 bits per heavy atom. The van der Waals surface area contributed by atoms with E-state index in [0.717, 1.165) is 22.5 Å². The standard InChI is InChI=1S/C23H22N2O5S/c1-14(17-13-31-18(12-19(26)27)20(17)25-23(24)29)22(28)30-21(15-8-4-2-5-9-15)16-10-6-3-7-11-16/h2-11,13-14,21H,12H2,1H3,(H,26,27)(H3,24,25,29). The summed E-state index contributed by atoms with van der Waals surface area (Å²) in [6.07, 6.45) is -0.902. The molecule has 2 amide bonds. The van der Waals surface area contributed by atoms with Crippen molar-refractivity contribution in [3.05, 3.63) is 87.6 Å². The molecule has 2 aromatic carbocycles. The summed E-state index contributed by atoms with van der Waals surface area (Å²) < 4.78 is 5.89. The Morgan fingerprint density at radius 2 is 1.58 bits per heavy atom. The minimum absolute atomic E-state index is 0.250. The number of carboxylic acids is 1. The number of carboxylic acid groups (broad SMARTS) is 1. The van der Waals surface area contributed by atoms with E-state index in [4.69, 9.17) is 15.6 Å². The SMILES string of the molecule is CC(C(=O)OC(c1ccccc1)c1ccccc1)c1csc(CC(=O)O)c1NC(N)=O. The Morgan fingerprint density at radius 3 is 2.06 bits per heavy atom. The van der Waals surface area contributed by atoms with E-state index in [2.05, 4.69) is 5.32 Å². The third kappa shape index (κ3) is 5.49. The van der Waals surface area contributed by atoms with Crippen LogP contribution in [-0.4, -0.2) is 23.1 Å². The minimum atomic E-state index is -1.05. The molecule has 0 aliphatic heterocycles. The Balaban J connectivity index is 1.90. The molecule has 1 unspecified atom stereocenters. The summed E-state index contributed by atoms with van der Waals surface area (Å²) in [6, 6.07) is 17.9. The topological polar surface area (TPSA) is 119 Å². The number of aliphatic carboxylic acids is 1. The molecule has 0 bridgehead atoms. The van der Waals surface area contributed by atoms with Crippen molar-refractivity contribution < 1.29 is 24.2 Å². The number of thiophene rings is 1. The first-order valence-electron chi connectivity index (χ1n) is 9.55. The van der Waals surface area contributed by atoms with Crippen molar-refractivity contribution in [3.63, 3.8) is 0 Å². The number of urea groups is 1. The predicted octanol–water partition coefficient (Wildman–Crippen LogP) is 4.30. The van der Waals surface area contributed by atoms with Crippen molar-refractivity contribution in [2.24, 2.45) is 5.73 Å². The lowest BCUT2D eigenvalue weighted by molar-refractivity contribution is -0.149. The summed E-state index contributed by atoms with van der Waals surface area (Å²) in [6.45, 7) is 1.65. The van der Waals surface area contributed by atoms with Gasteiger partial charge in [0.15, 0.2) is 6.10 Å². The molecule has 0 aliphatic carbocycles. The van der Waals surface area contributed by atoms with E-state index in [1.807, 2.05) is 60.7 Å². The van der Waals surface area contributed by atoms with Crippen LogP contribution in [0.25, 0.3) is 0 Å². The number of ether oxygens (including phenoxy) is 1. The first-order chi connectivity index (χ1) is 14.9. The maximum atomic E-state index is 13.1. The van der Waals surface area contributed by atoms with Crippen LogP contribution in [0.15, 0.2) is 66.0 Å². The van der Waals surface area contributed by atoms with Crippen LogP contribution in [0.4, 0.5) is 10.5 Å². The van der Waals surface area contributed by atoms with Gasteiger partial charge in [-0.05, 0) is 23.4 Å². The van der Waals surface area contributed by atoms with Gasteiger partial charge in [0.25, 0.3) is 0 Å². The van der Waals surface area contributed by atoms with Crippen LogP contribution in [0.5, 0.6) is 0 Å². The molecule has 0 radical (unpaired) electrons. The normalized spacial score (nSPS) is 11.7. The fourth-order valence-corrected chi connectivity index (χ4v) is 4.28. The number of carbonyl (C=O) groups is 3.